The van der Waals surface area contributed by atoms with Crippen molar-refractivity contribution in [1.29, 1.82) is 0 Å². The van der Waals surface area contributed by atoms with Crippen molar-refractivity contribution in [3.8, 4) is 0 Å². The van der Waals surface area contributed by atoms with Crippen molar-refractivity contribution in [3.05, 3.63) is 104 Å². The fourth-order valence-corrected chi connectivity index (χ4v) is 6.59. The van der Waals surface area contributed by atoms with Gasteiger partial charge in [0.05, 0.1) is 5.41 Å². The van der Waals surface area contributed by atoms with Gasteiger partial charge < -0.3 is 4.90 Å². The first-order chi connectivity index (χ1) is 16.9. The lowest BCUT2D eigenvalue weighted by molar-refractivity contribution is -0.401. The number of likely N-dealkylation sites (N-methyl/N-ethyl adjacent to an activating group) is 1. The van der Waals surface area contributed by atoms with Crippen molar-refractivity contribution in [1.82, 2.24) is 0 Å². The number of hydrogen-bond acceptors (Lipinski definition) is 1. The van der Waals surface area contributed by atoms with E-state index in [-0.39, 0.29) is 10.8 Å². The molecular formula is C32H35Cl2N2+. The topological polar surface area (TPSA) is 6.25 Å². The Morgan fingerprint density at radius 1 is 0.861 bits per heavy atom. The predicted octanol–water partition coefficient (Wildman–Crippen LogP) is 8.90. The average Bonchev–Trinajstić information content (AvgIpc) is 3.32. The summed E-state index contributed by atoms with van der Waals surface area (Å²) in [6, 6.07) is 12.4. The third-order valence-electron chi connectivity index (χ3n) is 8.50. The molecule has 0 saturated carbocycles. The van der Waals surface area contributed by atoms with Gasteiger partial charge in [0.25, 0.3) is 0 Å². The normalized spacial score (nSPS) is 22.5. The van der Waals surface area contributed by atoms with Gasteiger partial charge in [0.1, 0.15) is 7.05 Å². The lowest BCUT2D eigenvalue weighted by Gasteiger charge is -2.24. The number of anilines is 1. The Balaban J connectivity index is 1.43. The zero-order chi connectivity index (χ0) is 26.0. The molecule has 2 heterocycles. The second kappa shape index (κ2) is 8.78. The zero-order valence-corrected chi connectivity index (χ0v) is 23.8. The molecule has 36 heavy (non-hydrogen) atoms. The maximum Gasteiger partial charge on any atom is 0.209 e. The van der Waals surface area contributed by atoms with Crippen LogP contribution >= 0.6 is 23.2 Å². The van der Waals surface area contributed by atoms with E-state index in [0.717, 1.165) is 22.9 Å². The molecule has 0 spiro atoms. The quantitative estimate of drug-likeness (QED) is 0.368. The van der Waals surface area contributed by atoms with Crippen LogP contribution in [0.3, 0.4) is 0 Å². The number of benzene rings is 2. The van der Waals surface area contributed by atoms with Gasteiger partial charge in [-0.3, -0.25) is 0 Å². The van der Waals surface area contributed by atoms with Crippen molar-refractivity contribution >= 4 is 40.3 Å². The molecule has 0 unspecified atom stereocenters. The van der Waals surface area contributed by atoms with Gasteiger partial charge in [-0.05, 0) is 92.3 Å². The number of hydrogen-bond donors (Lipinski definition) is 0. The first-order valence-corrected chi connectivity index (χ1v) is 13.4. The lowest BCUT2D eigenvalue weighted by Crippen LogP contribution is -2.26. The van der Waals surface area contributed by atoms with E-state index in [4.69, 9.17) is 23.2 Å². The highest BCUT2D eigenvalue weighted by molar-refractivity contribution is 6.31. The molecule has 5 rings (SSSR count). The number of nitrogens with zero attached hydrogens (tertiary/aromatic N) is 2. The summed E-state index contributed by atoms with van der Waals surface area (Å²) in [5.74, 6) is 0. The van der Waals surface area contributed by atoms with Gasteiger partial charge in [0.15, 0.2) is 5.71 Å². The molecule has 186 valence electrons. The highest BCUT2D eigenvalue weighted by atomic mass is 35.5. The average molecular weight is 519 g/mol. The molecule has 0 saturated heterocycles. The maximum atomic E-state index is 6.33. The molecular weight excluding hydrogens is 483 g/mol. The molecule has 3 aliphatic rings. The van der Waals surface area contributed by atoms with E-state index in [2.05, 4.69) is 107 Å². The molecule has 0 aromatic heterocycles. The molecule has 2 aromatic carbocycles. The van der Waals surface area contributed by atoms with Crippen LogP contribution in [0.4, 0.5) is 11.4 Å². The summed E-state index contributed by atoms with van der Waals surface area (Å²) in [4.78, 5) is 2.30. The summed E-state index contributed by atoms with van der Waals surface area (Å²) in [7, 11) is 4.30. The lowest BCUT2D eigenvalue weighted by atomic mass is 9.81. The smallest absolute Gasteiger partial charge is 0.209 e. The van der Waals surface area contributed by atoms with E-state index >= 15 is 0 Å². The summed E-state index contributed by atoms with van der Waals surface area (Å²) in [6.45, 7) is 11.4. The molecule has 2 aromatic rings. The fourth-order valence-electron chi connectivity index (χ4n) is 6.24. The Hall–Kier alpha value is -2.55. The van der Waals surface area contributed by atoms with Crippen LogP contribution in [-0.2, 0) is 10.8 Å². The second-order valence-electron chi connectivity index (χ2n) is 11.3. The van der Waals surface area contributed by atoms with E-state index in [1.807, 2.05) is 12.1 Å². The Bertz CT molecular complexity index is 1430. The Morgan fingerprint density at radius 3 is 2.25 bits per heavy atom. The zero-order valence-electron chi connectivity index (χ0n) is 22.3. The van der Waals surface area contributed by atoms with E-state index < -0.39 is 0 Å². The Labute approximate surface area is 225 Å². The van der Waals surface area contributed by atoms with Gasteiger partial charge in [-0.25, -0.2) is 0 Å². The van der Waals surface area contributed by atoms with E-state index in [1.165, 1.54) is 50.6 Å². The van der Waals surface area contributed by atoms with Crippen molar-refractivity contribution in [2.45, 2.75) is 58.3 Å². The molecule has 0 amide bonds. The third-order valence-corrected chi connectivity index (χ3v) is 8.97. The summed E-state index contributed by atoms with van der Waals surface area (Å²) < 4.78 is 2.30. The SMILES string of the molecule is CC1=C(C=CC2=[N+](C)c3ccc(Cl)cc3C2(C)C)CCC1=CC=C1N(C)c2ccc(Cl)cc2C1(C)C. The van der Waals surface area contributed by atoms with Crippen LogP contribution in [0.1, 0.15) is 58.6 Å². The fraction of sp³-hybridized carbons (Fsp3) is 0.344. The Kier molecular flexibility index (Phi) is 6.13. The molecule has 0 bridgehead atoms. The first kappa shape index (κ1) is 25.1. The molecule has 2 aliphatic heterocycles. The van der Waals surface area contributed by atoms with Crippen LogP contribution in [-0.4, -0.2) is 24.4 Å². The summed E-state index contributed by atoms with van der Waals surface area (Å²) in [5, 5.41) is 1.59. The van der Waals surface area contributed by atoms with Crippen molar-refractivity contribution in [2.75, 3.05) is 19.0 Å². The molecule has 0 N–H and O–H groups in total. The van der Waals surface area contributed by atoms with Crippen molar-refractivity contribution in [3.63, 3.8) is 0 Å². The molecule has 2 nitrogen and oxygen atoms in total. The molecule has 4 heteroatoms. The van der Waals surface area contributed by atoms with Gasteiger partial charge >= 0.3 is 0 Å². The van der Waals surface area contributed by atoms with Gasteiger partial charge in [-0.15, -0.1) is 0 Å². The third kappa shape index (κ3) is 3.90. The minimum atomic E-state index is -0.0851. The first-order valence-electron chi connectivity index (χ1n) is 12.7. The van der Waals surface area contributed by atoms with Crippen LogP contribution in [0.2, 0.25) is 10.0 Å². The van der Waals surface area contributed by atoms with E-state index in [9.17, 15) is 0 Å². The summed E-state index contributed by atoms with van der Waals surface area (Å²) >= 11 is 12.7. The minimum absolute atomic E-state index is 0.0851. The predicted molar refractivity (Wildman–Crippen MR) is 155 cm³/mol. The minimum Gasteiger partial charge on any atom is -0.347 e. The van der Waals surface area contributed by atoms with Crippen LogP contribution in [0.15, 0.2) is 83.1 Å². The van der Waals surface area contributed by atoms with Gasteiger partial charge in [-0.1, -0.05) is 49.2 Å². The van der Waals surface area contributed by atoms with E-state index in [1.54, 1.807) is 0 Å². The van der Waals surface area contributed by atoms with Gasteiger partial charge in [0, 0.05) is 51.6 Å². The number of rotatable bonds is 3. The summed E-state index contributed by atoms with van der Waals surface area (Å²) in [5.41, 5.74) is 11.7. The number of halogens is 2. The molecule has 0 atom stereocenters. The molecule has 1 aliphatic carbocycles. The second-order valence-corrected chi connectivity index (χ2v) is 12.2. The van der Waals surface area contributed by atoms with Gasteiger partial charge in [-0.2, -0.15) is 4.58 Å². The Morgan fingerprint density at radius 2 is 1.53 bits per heavy atom. The van der Waals surface area contributed by atoms with Crippen molar-refractivity contribution in [2.24, 2.45) is 0 Å². The van der Waals surface area contributed by atoms with Crippen molar-refractivity contribution < 1.29 is 4.58 Å². The van der Waals surface area contributed by atoms with Crippen LogP contribution < -0.4 is 4.90 Å². The molecule has 0 radical (unpaired) electrons. The van der Waals surface area contributed by atoms with Crippen LogP contribution in [0.5, 0.6) is 0 Å². The largest absolute Gasteiger partial charge is 0.347 e. The van der Waals surface area contributed by atoms with Gasteiger partial charge in [0.2, 0.25) is 5.69 Å². The molecule has 0 fully saturated rings. The number of fused-ring (bicyclic) bond motifs is 2. The number of allylic oxidation sites excluding steroid dienone is 8. The van der Waals surface area contributed by atoms with Crippen LogP contribution in [0, 0.1) is 0 Å². The van der Waals surface area contributed by atoms with E-state index in [0.29, 0.717) is 0 Å². The highest BCUT2D eigenvalue weighted by Gasteiger charge is 2.43. The maximum absolute atomic E-state index is 6.33. The van der Waals surface area contributed by atoms with Crippen LogP contribution in [0.25, 0.3) is 0 Å². The summed E-state index contributed by atoms with van der Waals surface area (Å²) in [6.07, 6.45) is 11.4. The monoisotopic (exact) mass is 517 g/mol. The highest BCUT2D eigenvalue weighted by Crippen LogP contribution is 2.48. The standard InChI is InChI=1S/C32H35Cl2N2/c1-20-21(10-16-29-31(2,3)25-18-23(33)12-14-27(25)35(29)6)8-9-22(20)11-17-30-32(4,5)26-19-24(34)13-15-28(26)36(30)7/h10-19H,8-9H2,1-7H3/q+1.